The van der Waals surface area contributed by atoms with E-state index in [1.54, 1.807) is 19.1 Å². The Balaban J connectivity index is 2.06. The second kappa shape index (κ2) is 7.27. The highest BCUT2D eigenvalue weighted by molar-refractivity contribution is 6.01. The fourth-order valence-corrected chi connectivity index (χ4v) is 2.39. The summed E-state index contributed by atoms with van der Waals surface area (Å²) in [6, 6.07) is 4.88. The Morgan fingerprint density at radius 3 is 2.74 bits per heavy atom. The maximum atomic E-state index is 12.8. The van der Waals surface area contributed by atoms with Crippen molar-refractivity contribution in [3.05, 3.63) is 50.4 Å². The summed E-state index contributed by atoms with van der Waals surface area (Å²) in [5.74, 6) is -0.644. The predicted molar refractivity (Wildman–Crippen MR) is 93.7 cm³/mol. The van der Waals surface area contributed by atoms with Crippen molar-refractivity contribution in [2.75, 3.05) is 5.32 Å². The SMILES string of the molecule is CCCn1nnnc1NC(=O)c1nn(C)c(=O)n(-c2cccc(C)n2)c1=O. The molecule has 3 aromatic heterocycles. The molecule has 0 aliphatic carbocycles. The van der Waals surface area contributed by atoms with Crippen molar-refractivity contribution in [2.24, 2.45) is 7.05 Å². The molecule has 0 aliphatic rings. The fourth-order valence-electron chi connectivity index (χ4n) is 2.39. The van der Waals surface area contributed by atoms with Crippen molar-refractivity contribution < 1.29 is 4.79 Å². The molecule has 12 nitrogen and oxygen atoms in total. The van der Waals surface area contributed by atoms with Crippen molar-refractivity contribution in [2.45, 2.75) is 26.8 Å². The number of anilines is 1. The van der Waals surface area contributed by atoms with Crippen LogP contribution in [-0.4, -0.2) is 45.4 Å². The second-order valence-electron chi connectivity index (χ2n) is 5.71. The molecule has 0 aromatic carbocycles. The molecule has 1 N–H and O–H groups in total. The molecule has 0 radical (unpaired) electrons. The van der Waals surface area contributed by atoms with E-state index in [4.69, 9.17) is 0 Å². The van der Waals surface area contributed by atoms with Crippen LogP contribution in [0.15, 0.2) is 27.8 Å². The number of carbonyl (C=O) groups excluding carboxylic acids is 1. The third-order valence-corrected chi connectivity index (χ3v) is 3.63. The summed E-state index contributed by atoms with van der Waals surface area (Å²) in [5, 5.41) is 17.2. The molecular formula is C15H17N9O3. The molecular weight excluding hydrogens is 354 g/mol. The third-order valence-electron chi connectivity index (χ3n) is 3.63. The molecule has 3 aromatic rings. The summed E-state index contributed by atoms with van der Waals surface area (Å²) >= 11 is 0. The van der Waals surface area contributed by atoms with E-state index >= 15 is 0 Å². The lowest BCUT2D eigenvalue weighted by Crippen LogP contribution is -2.44. The van der Waals surface area contributed by atoms with Crippen LogP contribution < -0.4 is 16.6 Å². The normalized spacial score (nSPS) is 10.8. The molecule has 0 saturated heterocycles. The van der Waals surface area contributed by atoms with Gasteiger partial charge in [-0.25, -0.2) is 23.7 Å². The van der Waals surface area contributed by atoms with Crippen LogP contribution in [0.4, 0.5) is 5.95 Å². The Hall–Kier alpha value is -3.70. The Bertz CT molecular complexity index is 1110. The van der Waals surface area contributed by atoms with Crippen LogP contribution in [-0.2, 0) is 13.6 Å². The average molecular weight is 371 g/mol. The summed E-state index contributed by atoms with van der Waals surface area (Å²) in [5.41, 5.74) is -1.47. The number of hydrogen-bond donors (Lipinski definition) is 1. The predicted octanol–water partition coefficient (Wildman–Crippen LogP) is -0.717. The van der Waals surface area contributed by atoms with Gasteiger partial charge in [0.1, 0.15) is 5.82 Å². The first kappa shape index (κ1) is 18.1. The number of nitrogens with one attached hydrogen (secondary N) is 1. The Labute approximate surface area is 152 Å². The molecule has 0 spiro atoms. The lowest BCUT2D eigenvalue weighted by Gasteiger charge is -2.09. The first-order valence-corrected chi connectivity index (χ1v) is 8.14. The van der Waals surface area contributed by atoms with Gasteiger partial charge in [0.05, 0.1) is 0 Å². The van der Waals surface area contributed by atoms with Gasteiger partial charge in [0, 0.05) is 19.3 Å². The van der Waals surface area contributed by atoms with Crippen LogP contribution in [0.5, 0.6) is 0 Å². The maximum Gasteiger partial charge on any atom is 0.353 e. The van der Waals surface area contributed by atoms with E-state index in [1.165, 1.54) is 17.8 Å². The highest BCUT2D eigenvalue weighted by Crippen LogP contribution is 2.03. The quantitative estimate of drug-likeness (QED) is 0.619. The molecule has 3 heterocycles. The van der Waals surface area contributed by atoms with E-state index in [9.17, 15) is 14.4 Å². The van der Waals surface area contributed by atoms with Gasteiger partial charge in [-0.3, -0.25) is 14.9 Å². The number of rotatable bonds is 5. The number of pyridine rings is 1. The van der Waals surface area contributed by atoms with Gasteiger partial charge in [0.2, 0.25) is 11.6 Å². The van der Waals surface area contributed by atoms with Crippen LogP contribution in [0.3, 0.4) is 0 Å². The highest BCUT2D eigenvalue weighted by Gasteiger charge is 2.21. The molecule has 3 rings (SSSR count). The summed E-state index contributed by atoms with van der Waals surface area (Å²) in [6.07, 6.45) is 0.748. The van der Waals surface area contributed by atoms with Gasteiger partial charge < -0.3 is 0 Å². The van der Waals surface area contributed by atoms with Crippen LogP contribution in [0.25, 0.3) is 5.82 Å². The molecule has 0 fully saturated rings. The summed E-state index contributed by atoms with van der Waals surface area (Å²) in [6.45, 7) is 4.14. The smallest absolute Gasteiger partial charge is 0.288 e. The van der Waals surface area contributed by atoms with E-state index in [0.717, 1.165) is 15.7 Å². The standard InChI is InChI=1S/C15H17N9O3/c1-4-8-23-14(18-20-21-23)17-12(25)11-13(26)24(15(27)22(3)19-11)10-7-5-6-9(2)16-10/h5-7H,4,8H2,1-3H3,(H,17,18,21,25). The topological polar surface area (TPSA) is 142 Å². The lowest BCUT2D eigenvalue weighted by atomic mass is 10.3. The summed E-state index contributed by atoms with van der Waals surface area (Å²) < 4.78 is 3.08. The highest BCUT2D eigenvalue weighted by atomic mass is 16.2. The number of tetrazole rings is 1. The minimum atomic E-state index is -0.886. The molecule has 0 aliphatic heterocycles. The number of carbonyl (C=O) groups is 1. The van der Waals surface area contributed by atoms with Gasteiger partial charge in [0.15, 0.2) is 0 Å². The van der Waals surface area contributed by atoms with Crippen molar-refractivity contribution in [1.82, 2.24) is 39.5 Å². The molecule has 12 heteroatoms. The van der Waals surface area contributed by atoms with E-state index < -0.39 is 22.9 Å². The molecule has 0 bridgehead atoms. The first-order chi connectivity index (χ1) is 12.9. The number of hydrogen-bond acceptors (Lipinski definition) is 8. The zero-order chi connectivity index (χ0) is 19.6. The zero-order valence-corrected chi connectivity index (χ0v) is 14.9. The van der Waals surface area contributed by atoms with Gasteiger partial charge in [-0.1, -0.05) is 18.1 Å². The van der Waals surface area contributed by atoms with E-state index in [1.807, 2.05) is 6.92 Å². The third kappa shape index (κ3) is 3.49. The Kier molecular flexibility index (Phi) is 4.88. The summed E-state index contributed by atoms with van der Waals surface area (Å²) in [4.78, 5) is 41.9. The second-order valence-corrected chi connectivity index (χ2v) is 5.71. The van der Waals surface area contributed by atoms with Crippen LogP contribution in [0.1, 0.15) is 29.5 Å². The average Bonchev–Trinajstić information content (AvgIpc) is 3.05. The number of nitrogens with zero attached hydrogens (tertiary/aromatic N) is 8. The molecule has 0 atom stereocenters. The van der Waals surface area contributed by atoms with Crippen molar-refractivity contribution in [1.29, 1.82) is 0 Å². The minimum Gasteiger partial charge on any atom is -0.288 e. The lowest BCUT2D eigenvalue weighted by molar-refractivity contribution is 0.101. The number of amides is 1. The van der Waals surface area contributed by atoms with Gasteiger partial charge >= 0.3 is 5.69 Å². The van der Waals surface area contributed by atoms with Crippen LogP contribution >= 0.6 is 0 Å². The van der Waals surface area contributed by atoms with Gasteiger partial charge in [-0.15, -0.1) is 0 Å². The number of aryl methyl sites for hydroxylation is 3. The molecule has 1 amide bonds. The number of aromatic nitrogens is 8. The largest absolute Gasteiger partial charge is 0.353 e. The fraction of sp³-hybridized carbons (Fsp3) is 0.333. The Morgan fingerprint density at radius 2 is 2.04 bits per heavy atom. The Morgan fingerprint density at radius 1 is 1.26 bits per heavy atom. The maximum absolute atomic E-state index is 12.8. The van der Waals surface area contributed by atoms with Crippen molar-refractivity contribution in [3.63, 3.8) is 0 Å². The molecule has 27 heavy (non-hydrogen) atoms. The van der Waals surface area contributed by atoms with E-state index in [-0.39, 0.29) is 11.8 Å². The van der Waals surface area contributed by atoms with Crippen molar-refractivity contribution in [3.8, 4) is 5.82 Å². The molecule has 140 valence electrons. The van der Waals surface area contributed by atoms with Gasteiger partial charge in [-0.2, -0.15) is 5.10 Å². The monoisotopic (exact) mass is 371 g/mol. The van der Waals surface area contributed by atoms with Crippen molar-refractivity contribution >= 4 is 11.9 Å². The van der Waals surface area contributed by atoms with E-state index in [2.05, 4.69) is 30.9 Å². The van der Waals surface area contributed by atoms with Crippen LogP contribution in [0, 0.1) is 6.92 Å². The molecule has 0 unspecified atom stereocenters. The van der Waals surface area contributed by atoms with E-state index in [0.29, 0.717) is 12.2 Å². The molecule has 0 saturated carbocycles. The first-order valence-electron chi connectivity index (χ1n) is 8.14. The summed E-state index contributed by atoms with van der Waals surface area (Å²) in [7, 11) is 1.34. The van der Waals surface area contributed by atoms with Gasteiger partial charge in [-0.05, 0) is 35.9 Å². The minimum absolute atomic E-state index is 0.0807. The van der Waals surface area contributed by atoms with Crippen LogP contribution in [0.2, 0.25) is 0 Å². The van der Waals surface area contributed by atoms with Gasteiger partial charge in [0.25, 0.3) is 11.5 Å². The zero-order valence-electron chi connectivity index (χ0n) is 14.9.